The van der Waals surface area contributed by atoms with Gasteiger partial charge in [-0.2, -0.15) is 5.26 Å². The molecular weight excluding hydrogens is 262 g/mol. The predicted molar refractivity (Wildman–Crippen MR) is 69.8 cm³/mol. The lowest BCUT2D eigenvalue weighted by Gasteiger charge is -2.07. The number of anilines is 1. The fourth-order valence-corrected chi connectivity index (χ4v) is 1.72. The number of amides is 1. The maximum absolute atomic E-state index is 13.4. The molecule has 5 heteroatoms. The molecule has 2 aromatic carbocycles. The summed E-state index contributed by atoms with van der Waals surface area (Å²) in [6.45, 7) is 0. The number of halogens is 2. The van der Waals surface area contributed by atoms with Gasteiger partial charge in [-0.05, 0) is 29.8 Å². The zero-order chi connectivity index (χ0) is 14.5. The zero-order valence-electron chi connectivity index (χ0n) is 10.4. The Balaban J connectivity index is 2.11. The molecule has 0 atom stereocenters. The number of rotatable bonds is 3. The summed E-state index contributed by atoms with van der Waals surface area (Å²) in [6, 6.07) is 11.2. The summed E-state index contributed by atoms with van der Waals surface area (Å²) in [6.07, 6.45) is 0.0155. The molecule has 0 fully saturated rings. The molecule has 1 amide bonds. The highest BCUT2D eigenvalue weighted by molar-refractivity contribution is 5.93. The average molecular weight is 272 g/mol. The van der Waals surface area contributed by atoms with E-state index in [0.29, 0.717) is 5.56 Å². The number of nitrogens with one attached hydrogen (secondary N) is 1. The van der Waals surface area contributed by atoms with Gasteiger partial charge >= 0.3 is 0 Å². The maximum atomic E-state index is 13.4. The SMILES string of the molecule is N#Cc1c(F)cccc1NC(=O)Cc1ccc(F)cc1. The Bertz CT molecular complexity index is 675. The molecule has 0 aromatic heterocycles. The number of nitrogens with zero attached hydrogens (tertiary/aromatic N) is 1. The Labute approximate surface area is 114 Å². The van der Waals surface area contributed by atoms with E-state index in [0.717, 1.165) is 6.07 Å². The summed E-state index contributed by atoms with van der Waals surface area (Å²) in [4.78, 5) is 11.8. The molecule has 0 unspecified atom stereocenters. The zero-order valence-corrected chi connectivity index (χ0v) is 10.4. The lowest BCUT2D eigenvalue weighted by atomic mass is 10.1. The highest BCUT2D eigenvalue weighted by atomic mass is 19.1. The fraction of sp³-hybridized carbons (Fsp3) is 0.0667. The van der Waals surface area contributed by atoms with Crippen LogP contribution in [0.4, 0.5) is 14.5 Å². The molecule has 1 N–H and O–H groups in total. The maximum Gasteiger partial charge on any atom is 0.228 e. The molecule has 0 bridgehead atoms. The first-order chi connectivity index (χ1) is 9.60. The Morgan fingerprint density at radius 3 is 2.50 bits per heavy atom. The van der Waals surface area contributed by atoms with E-state index in [1.54, 1.807) is 6.07 Å². The van der Waals surface area contributed by atoms with Crippen molar-refractivity contribution in [1.29, 1.82) is 5.26 Å². The van der Waals surface area contributed by atoms with Crippen LogP contribution in [0.1, 0.15) is 11.1 Å². The molecule has 0 saturated heterocycles. The summed E-state index contributed by atoms with van der Waals surface area (Å²) < 4.78 is 26.1. The number of nitriles is 1. The summed E-state index contributed by atoms with van der Waals surface area (Å²) in [5.74, 6) is -1.48. The summed E-state index contributed by atoms with van der Waals surface area (Å²) in [7, 11) is 0. The number of hydrogen-bond acceptors (Lipinski definition) is 2. The third kappa shape index (κ3) is 3.18. The molecule has 0 heterocycles. The fourth-order valence-electron chi connectivity index (χ4n) is 1.72. The second kappa shape index (κ2) is 5.93. The Morgan fingerprint density at radius 2 is 1.85 bits per heavy atom. The van der Waals surface area contributed by atoms with Crippen LogP contribution in [0.3, 0.4) is 0 Å². The Kier molecular flexibility index (Phi) is 4.06. The van der Waals surface area contributed by atoms with Gasteiger partial charge in [-0.1, -0.05) is 18.2 Å². The van der Waals surface area contributed by atoms with Crippen LogP contribution in [0, 0.1) is 23.0 Å². The lowest BCUT2D eigenvalue weighted by molar-refractivity contribution is -0.115. The minimum Gasteiger partial charge on any atom is -0.325 e. The lowest BCUT2D eigenvalue weighted by Crippen LogP contribution is -2.15. The number of benzene rings is 2. The van der Waals surface area contributed by atoms with E-state index in [-0.39, 0.29) is 23.5 Å². The van der Waals surface area contributed by atoms with Crippen LogP contribution in [0.5, 0.6) is 0 Å². The molecule has 2 aromatic rings. The summed E-state index contributed by atoms with van der Waals surface area (Å²) in [5, 5.41) is 11.3. The van der Waals surface area contributed by atoms with Crippen LogP contribution in [-0.4, -0.2) is 5.91 Å². The normalized spacial score (nSPS) is 9.85. The number of carbonyl (C=O) groups is 1. The van der Waals surface area contributed by atoms with E-state index in [1.165, 1.54) is 36.4 Å². The standard InChI is InChI=1S/C15H10F2N2O/c16-11-6-4-10(5-7-11)8-15(20)19-14-3-1-2-13(17)12(14)9-18/h1-7H,8H2,(H,19,20). The van der Waals surface area contributed by atoms with Gasteiger partial charge in [0, 0.05) is 0 Å². The number of carbonyl (C=O) groups excluding carboxylic acids is 1. The van der Waals surface area contributed by atoms with Crippen molar-refractivity contribution < 1.29 is 13.6 Å². The second-order valence-electron chi connectivity index (χ2n) is 4.13. The van der Waals surface area contributed by atoms with Gasteiger partial charge in [-0.25, -0.2) is 8.78 Å². The van der Waals surface area contributed by atoms with Gasteiger partial charge < -0.3 is 5.32 Å². The minimum absolute atomic E-state index is 0.0155. The summed E-state index contributed by atoms with van der Waals surface area (Å²) >= 11 is 0. The van der Waals surface area contributed by atoms with Crippen LogP contribution in [-0.2, 0) is 11.2 Å². The van der Waals surface area contributed by atoms with Crippen molar-refractivity contribution in [2.45, 2.75) is 6.42 Å². The Morgan fingerprint density at radius 1 is 1.15 bits per heavy atom. The number of hydrogen-bond donors (Lipinski definition) is 1. The quantitative estimate of drug-likeness (QED) is 0.933. The second-order valence-corrected chi connectivity index (χ2v) is 4.13. The van der Waals surface area contributed by atoms with Crippen molar-refractivity contribution >= 4 is 11.6 Å². The smallest absolute Gasteiger partial charge is 0.228 e. The van der Waals surface area contributed by atoms with E-state index in [2.05, 4.69) is 5.32 Å². The van der Waals surface area contributed by atoms with E-state index in [9.17, 15) is 13.6 Å². The van der Waals surface area contributed by atoms with Crippen LogP contribution >= 0.6 is 0 Å². The molecule has 20 heavy (non-hydrogen) atoms. The van der Waals surface area contributed by atoms with Gasteiger partial charge in [0.05, 0.1) is 12.1 Å². The van der Waals surface area contributed by atoms with Crippen molar-refractivity contribution in [1.82, 2.24) is 0 Å². The molecule has 0 spiro atoms. The minimum atomic E-state index is -0.688. The monoisotopic (exact) mass is 272 g/mol. The first kappa shape index (κ1) is 13.7. The topological polar surface area (TPSA) is 52.9 Å². The van der Waals surface area contributed by atoms with Crippen LogP contribution in [0.15, 0.2) is 42.5 Å². The molecule has 0 saturated carbocycles. The van der Waals surface area contributed by atoms with E-state index < -0.39 is 11.7 Å². The third-order valence-corrected chi connectivity index (χ3v) is 2.68. The van der Waals surface area contributed by atoms with Crippen molar-refractivity contribution in [3.63, 3.8) is 0 Å². The van der Waals surface area contributed by atoms with E-state index in [1.807, 2.05) is 0 Å². The van der Waals surface area contributed by atoms with Crippen LogP contribution in [0.2, 0.25) is 0 Å². The van der Waals surface area contributed by atoms with Gasteiger partial charge in [-0.15, -0.1) is 0 Å². The average Bonchev–Trinajstić information content (AvgIpc) is 2.42. The molecule has 0 aliphatic carbocycles. The molecule has 100 valence electrons. The van der Waals surface area contributed by atoms with Crippen molar-refractivity contribution in [2.24, 2.45) is 0 Å². The summed E-state index contributed by atoms with van der Waals surface area (Å²) in [5.41, 5.74) is 0.540. The van der Waals surface area contributed by atoms with Gasteiger partial charge in [0.2, 0.25) is 5.91 Å². The van der Waals surface area contributed by atoms with Gasteiger partial charge in [0.25, 0.3) is 0 Å². The molecule has 3 nitrogen and oxygen atoms in total. The molecule has 2 rings (SSSR count). The van der Waals surface area contributed by atoms with Gasteiger partial charge in [0.1, 0.15) is 23.3 Å². The highest BCUT2D eigenvalue weighted by Gasteiger charge is 2.11. The molecule has 0 radical (unpaired) electrons. The van der Waals surface area contributed by atoms with Gasteiger partial charge in [0.15, 0.2) is 0 Å². The first-order valence-electron chi connectivity index (χ1n) is 5.83. The third-order valence-electron chi connectivity index (χ3n) is 2.68. The van der Waals surface area contributed by atoms with Crippen LogP contribution < -0.4 is 5.32 Å². The van der Waals surface area contributed by atoms with E-state index in [4.69, 9.17) is 5.26 Å². The largest absolute Gasteiger partial charge is 0.325 e. The van der Waals surface area contributed by atoms with Gasteiger partial charge in [-0.3, -0.25) is 4.79 Å². The molecule has 0 aliphatic rings. The van der Waals surface area contributed by atoms with Crippen molar-refractivity contribution in [3.8, 4) is 6.07 Å². The predicted octanol–water partition coefficient (Wildman–Crippen LogP) is 3.02. The van der Waals surface area contributed by atoms with Crippen molar-refractivity contribution in [2.75, 3.05) is 5.32 Å². The Hall–Kier alpha value is -2.74. The van der Waals surface area contributed by atoms with Crippen molar-refractivity contribution in [3.05, 3.63) is 65.2 Å². The van der Waals surface area contributed by atoms with Crippen LogP contribution in [0.25, 0.3) is 0 Å². The molecular formula is C15H10F2N2O. The molecule has 0 aliphatic heterocycles. The first-order valence-corrected chi connectivity index (χ1v) is 5.83. The highest BCUT2D eigenvalue weighted by Crippen LogP contribution is 2.18. The van der Waals surface area contributed by atoms with E-state index >= 15 is 0 Å².